The number of carbonyl (C=O) groups excluding carboxylic acids is 2. The number of primary amides is 1. The molecule has 1 fully saturated rings. The second-order valence-corrected chi connectivity index (χ2v) is 7.88. The van der Waals surface area contributed by atoms with Gasteiger partial charge < -0.3 is 16.4 Å². The van der Waals surface area contributed by atoms with Crippen LogP contribution >= 0.6 is 11.6 Å². The van der Waals surface area contributed by atoms with Crippen LogP contribution in [0.25, 0.3) is 0 Å². The van der Waals surface area contributed by atoms with Crippen molar-refractivity contribution in [3.05, 3.63) is 70.7 Å². The first-order chi connectivity index (χ1) is 13.5. The molecule has 1 saturated carbocycles. The van der Waals surface area contributed by atoms with Crippen LogP contribution in [0.1, 0.15) is 49.3 Å². The average Bonchev–Trinajstić information content (AvgIpc) is 3.17. The summed E-state index contributed by atoms with van der Waals surface area (Å²) >= 11 is 5.93. The molecule has 0 radical (unpaired) electrons. The van der Waals surface area contributed by atoms with Gasteiger partial charge in [0.2, 0.25) is 5.91 Å². The van der Waals surface area contributed by atoms with Gasteiger partial charge in [-0.2, -0.15) is 0 Å². The van der Waals surface area contributed by atoms with Crippen molar-refractivity contribution in [2.24, 2.45) is 5.73 Å². The lowest BCUT2D eigenvalue weighted by molar-refractivity contribution is -0.121. The third-order valence-corrected chi connectivity index (χ3v) is 5.80. The van der Waals surface area contributed by atoms with Gasteiger partial charge in [0.15, 0.2) is 0 Å². The summed E-state index contributed by atoms with van der Waals surface area (Å²) in [5.41, 5.74) is 7.35. The van der Waals surface area contributed by atoms with Gasteiger partial charge in [0, 0.05) is 17.0 Å². The summed E-state index contributed by atoms with van der Waals surface area (Å²) in [6.45, 7) is 0.597. The van der Waals surface area contributed by atoms with E-state index in [1.54, 1.807) is 24.3 Å². The molecule has 5 nitrogen and oxygen atoms in total. The SMILES string of the molecule is NC(=O)N[C@@H](CC(=O)NCC1(c2ccccc2)CCCC1)c1ccc(Cl)cc1. The van der Waals surface area contributed by atoms with Crippen molar-refractivity contribution < 1.29 is 9.59 Å². The molecule has 28 heavy (non-hydrogen) atoms. The summed E-state index contributed by atoms with van der Waals surface area (Å²) in [7, 11) is 0. The van der Waals surface area contributed by atoms with Crippen LogP contribution < -0.4 is 16.4 Å². The summed E-state index contributed by atoms with van der Waals surface area (Å²) in [6, 6.07) is 16.3. The predicted octanol–water partition coefficient (Wildman–Crippen LogP) is 4.07. The zero-order chi connectivity index (χ0) is 20.0. The average molecular weight is 400 g/mol. The largest absolute Gasteiger partial charge is 0.355 e. The van der Waals surface area contributed by atoms with Gasteiger partial charge in [-0.3, -0.25) is 4.79 Å². The molecule has 1 aliphatic rings. The Kier molecular flexibility index (Phi) is 6.57. The van der Waals surface area contributed by atoms with Crippen molar-refractivity contribution in [1.82, 2.24) is 10.6 Å². The summed E-state index contributed by atoms with van der Waals surface area (Å²) in [6.07, 6.45) is 4.59. The maximum Gasteiger partial charge on any atom is 0.312 e. The standard InChI is InChI=1S/C22H26ClN3O2/c23-18-10-8-16(9-11-18)19(26-21(24)28)14-20(27)25-15-22(12-4-5-13-22)17-6-2-1-3-7-17/h1-3,6-11,19H,4-5,12-15H2,(H,25,27)(H3,24,26,28)/t19-/m0/s1. The predicted molar refractivity (Wildman–Crippen MR) is 111 cm³/mol. The smallest absolute Gasteiger partial charge is 0.312 e. The first-order valence-corrected chi connectivity index (χ1v) is 10.00. The molecule has 1 atom stereocenters. The van der Waals surface area contributed by atoms with E-state index in [0.717, 1.165) is 18.4 Å². The number of carbonyl (C=O) groups is 2. The monoisotopic (exact) mass is 399 g/mol. The number of nitrogens with two attached hydrogens (primary N) is 1. The summed E-state index contributed by atoms with van der Waals surface area (Å²) in [4.78, 5) is 24.1. The van der Waals surface area contributed by atoms with E-state index in [0.29, 0.717) is 11.6 Å². The van der Waals surface area contributed by atoms with Crippen LogP contribution in [-0.2, 0) is 10.2 Å². The van der Waals surface area contributed by atoms with E-state index >= 15 is 0 Å². The number of halogens is 1. The molecule has 0 saturated heterocycles. The fraction of sp³-hybridized carbons (Fsp3) is 0.364. The summed E-state index contributed by atoms with van der Waals surface area (Å²) in [5.74, 6) is -0.115. The van der Waals surface area contributed by atoms with E-state index in [-0.39, 0.29) is 17.7 Å². The number of hydrogen-bond donors (Lipinski definition) is 3. The van der Waals surface area contributed by atoms with Crippen molar-refractivity contribution in [2.75, 3.05) is 6.54 Å². The van der Waals surface area contributed by atoms with Gasteiger partial charge in [-0.1, -0.05) is 66.9 Å². The van der Waals surface area contributed by atoms with Gasteiger partial charge in [-0.15, -0.1) is 0 Å². The molecule has 0 unspecified atom stereocenters. The van der Waals surface area contributed by atoms with Gasteiger partial charge in [-0.25, -0.2) is 4.79 Å². The Morgan fingerprint density at radius 3 is 2.29 bits per heavy atom. The molecule has 3 amide bonds. The number of hydrogen-bond acceptors (Lipinski definition) is 2. The highest BCUT2D eigenvalue weighted by Gasteiger charge is 2.35. The molecular formula is C22H26ClN3O2. The van der Waals surface area contributed by atoms with Crippen LogP contribution in [0.5, 0.6) is 0 Å². The molecule has 0 bridgehead atoms. The van der Waals surface area contributed by atoms with Gasteiger partial charge in [0.1, 0.15) is 0 Å². The lowest BCUT2D eigenvalue weighted by atomic mass is 9.79. The molecule has 2 aromatic rings. The molecule has 0 aliphatic heterocycles. The molecule has 0 heterocycles. The zero-order valence-corrected chi connectivity index (χ0v) is 16.5. The number of rotatable bonds is 7. The second kappa shape index (κ2) is 9.11. The second-order valence-electron chi connectivity index (χ2n) is 7.45. The highest BCUT2D eigenvalue weighted by atomic mass is 35.5. The molecule has 4 N–H and O–H groups in total. The first kappa shape index (κ1) is 20.2. The number of urea groups is 1. The van der Waals surface area contributed by atoms with E-state index in [1.807, 2.05) is 18.2 Å². The van der Waals surface area contributed by atoms with Gasteiger partial charge in [0.25, 0.3) is 0 Å². The van der Waals surface area contributed by atoms with Gasteiger partial charge in [-0.05, 0) is 36.1 Å². The molecule has 148 valence electrons. The van der Waals surface area contributed by atoms with Crippen molar-refractivity contribution in [2.45, 2.75) is 43.6 Å². The fourth-order valence-corrected chi connectivity index (χ4v) is 4.18. The molecule has 3 rings (SSSR count). The highest BCUT2D eigenvalue weighted by Crippen LogP contribution is 2.40. The van der Waals surface area contributed by atoms with Crippen LogP contribution in [0.3, 0.4) is 0 Å². The lowest BCUT2D eigenvalue weighted by Gasteiger charge is -2.30. The summed E-state index contributed by atoms with van der Waals surface area (Å²) < 4.78 is 0. The minimum atomic E-state index is -0.663. The topological polar surface area (TPSA) is 84.2 Å². The maximum absolute atomic E-state index is 12.7. The van der Waals surface area contributed by atoms with Crippen LogP contribution in [0, 0.1) is 0 Å². The van der Waals surface area contributed by atoms with Gasteiger partial charge in [0.05, 0.1) is 12.5 Å². The third-order valence-electron chi connectivity index (χ3n) is 5.55. The quantitative estimate of drug-likeness (QED) is 0.655. The number of benzene rings is 2. The Hall–Kier alpha value is -2.53. The van der Waals surface area contributed by atoms with Crippen molar-refractivity contribution in [1.29, 1.82) is 0 Å². The Morgan fingerprint density at radius 1 is 1.04 bits per heavy atom. The van der Waals surface area contributed by atoms with Gasteiger partial charge >= 0.3 is 6.03 Å². The highest BCUT2D eigenvalue weighted by molar-refractivity contribution is 6.30. The van der Waals surface area contributed by atoms with Crippen molar-refractivity contribution >= 4 is 23.5 Å². The van der Waals surface area contributed by atoms with Crippen LogP contribution in [0.4, 0.5) is 4.79 Å². The Morgan fingerprint density at radius 2 is 1.68 bits per heavy atom. The van der Waals surface area contributed by atoms with Crippen LogP contribution in [0.2, 0.25) is 5.02 Å². The fourth-order valence-electron chi connectivity index (χ4n) is 4.06. The van der Waals surface area contributed by atoms with Crippen LogP contribution in [0.15, 0.2) is 54.6 Å². The summed E-state index contributed by atoms with van der Waals surface area (Å²) in [5, 5.41) is 6.34. The Bertz CT molecular complexity index is 802. The van der Waals surface area contributed by atoms with Crippen molar-refractivity contribution in [3.63, 3.8) is 0 Å². The molecule has 0 aromatic heterocycles. The number of amides is 3. The normalized spacial score (nSPS) is 16.3. The maximum atomic E-state index is 12.7. The van der Waals surface area contributed by atoms with E-state index in [9.17, 15) is 9.59 Å². The molecule has 1 aliphatic carbocycles. The minimum Gasteiger partial charge on any atom is -0.355 e. The molecular weight excluding hydrogens is 374 g/mol. The van der Waals surface area contributed by atoms with E-state index in [1.165, 1.54) is 18.4 Å². The Labute approximate surface area is 170 Å². The Balaban J connectivity index is 1.67. The van der Waals surface area contributed by atoms with E-state index < -0.39 is 12.1 Å². The van der Waals surface area contributed by atoms with E-state index in [4.69, 9.17) is 17.3 Å². The minimum absolute atomic E-state index is 0.0101. The lowest BCUT2D eigenvalue weighted by Crippen LogP contribution is -2.41. The third kappa shape index (κ3) is 5.04. The van der Waals surface area contributed by atoms with Crippen LogP contribution in [-0.4, -0.2) is 18.5 Å². The number of nitrogens with one attached hydrogen (secondary N) is 2. The molecule has 2 aromatic carbocycles. The van der Waals surface area contributed by atoms with Crippen molar-refractivity contribution in [3.8, 4) is 0 Å². The first-order valence-electron chi connectivity index (χ1n) is 9.62. The van der Waals surface area contributed by atoms with E-state index in [2.05, 4.69) is 22.8 Å². The molecule has 6 heteroatoms. The zero-order valence-electron chi connectivity index (χ0n) is 15.8. The molecule has 0 spiro atoms.